The molecular weight excluding hydrogens is 372 g/mol. The molecule has 0 radical (unpaired) electrons. The van der Waals surface area contributed by atoms with E-state index in [4.69, 9.17) is 16.3 Å². The van der Waals surface area contributed by atoms with Crippen molar-refractivity contribution < 1.29 is 9.53 Å². The van der Waals surface area contributed by atoms with Gasteiger partial charge in [0.1, 0.15) is 12.4 Å². The number of ether oxygens (including phenoxy) is 1. The molecule has 3 aromatic rings. The number of halogens is 1. The highest BCUT2D eigenvalue weighted by molar-refractivity contribution is 6.30. The topological polar surface area (TPSA) is 50.7 Å². The molecule has 1 amide bonds. The molecule has 0 aliphatic rings. The van der Waals surface area contributed by atoms with E-state index in [1.54, 1.807) is 18.3 Å². The molecule has 4 nitrogen and oxygen atoms in total. The largest absolute Gasteiger partial charge is 0.489 e. The first-order chi connectivity index (χ1) is 13.6. The fraction of sp³-hybridized carbons (Fsp3) is 0.130. The fourth-order valence-electron chi connectivity index (χ4n) is 2.54. The minimum absolute atomic E-state index is 0.189. The highest BCUT2D eigenvalue weighted by Gasteiger charge is 2.02. The van der Waals surface area contributed by atoms with Crippen LogP contribution in [0.5, 0.6) is 5.75 Å². The summed E-state index contributed by atoms with van der Waals surface area (Å²) in [6.07, 6.45) is 1.84. The van der Waals surface area contributed by atoms with Gasteiger partial charge in [-0.2, -0.15) is 5.10 Å². The number of hydrogen-bond donors (Lipinski definition) is 1. The van der Waals surface area contributed by atoms with Crippen molar-refractivity contribution in [3.63, 3.8) is 0 Å². The second kappa shape index (κ2) is 9.72. The highest BCUT2D eigenvalue weighted by Crippen LogP contribution is 2.15. The van der Waals surface area contributed by atoms with Crippen molar-refractivity contribution in [2.45, 2.75) is 20.0 Å². The van der Waals surface area contributed by atoms with E-state index in [0.29, 0.717) is 11.6 Å². The van der Waals surface area contributed by atoms with Gasteiger partial charge in [0.2, 0.25) is 5.91 Å². The summed E-state index contributed by atoms with van der Waals surface area (Å²) < 4.78 is 5.83. The van der Waals surface area contributed by atoms with E-state index in [0.717, 1.165) is 22.4 Å². The lowest BCUT2D eigenvalue weighted by Gasteiger charge is -2.07. The van der Waals surface area contributed by atoms with Crippen LogP contribution in [0.3, 0.4) is 0 Å². The van der Waals surface area contributed by atoms with Gasteiger partial charge < -0.3 is 4.74 Å². The van der Waals surface area contributed by atoms with Crippen LogP contribution in [0.4, 0.5) is 0 Å². The zero-order chi connectivity index (χ0) is 19.8. The summed E-state index contributed by atoms with van der Waals surface area (Å²) in [4.78, 5) is 12.0. The molecule has 0 saturated heterocycles. The van der Waals surface area contributed by atoms with Gasteiger partial charge in [0.15, 0.2) is 0 Å². The molecule has 5 heteroatoms. The monoisotopic (exact) mass is 392 g/mol. The Hall–Kier alpha value is -3.11. The molecule has 0 aliphatic carbocycles. The van der Waals surface area contributed by atoms with E-state index in [1.807, 2.05) is 36.4 Å². The maximum atomic E-state index is 12.0. The van der Waals surface area contributed by atoms with E-state index < -0.39 is 0 Å². The van der Waals surface area contributed by atoms with Gasteiger partial charge in [-0.1, -0.05) is 65.7 Å². The van der Waals surface area contributed by atoms with E-state index >= 15 is 0 Å². The average Bonchev–Trinajstić information content (AvgIpc) is 2.70. The predicted molar refractivity (Wildman–Crippen MR) is 113 cm³/mol. The Morgan fingerprint density at radius 2 is 1.75 bits per heavy atom. The molecule has 0 spiro atoms. The van der Waals surface area contributed by atoms with Crippen molar-refractivity contribution in [1.82, 2.24) is 5.43 Å². The summed E-state index contributed by atoms with van der Waals surface area (Å²) in [5, 5.41) is 4.66. The van der Waals surface area contributed by atoms with Crippen LogP contribution in [-0.2, 0) is 17.8 Å². The number of amides is 1. The van der Waals surface area contributed by atoms with Gasteiger partial charge >= 0.3 is 0 Å². The quantitative estimate of drug-likeness (QED) is 0.458. The zero-order valence-electron chi connectivity index (χ0n) is 15.6. The molecule has 0 fully saturated rings. The first-order valence-corrected chi connectivity index (χ1v) is 9.31. The third-order valence-electron chi connectivity index (χ3n) is 4.07. The molecule has 3 rings (SSSR count). The molecule has 142 valence electrons. The van der Waals surface area contributed by atoms with Crippen molar-refractivity contribution in [2.75, 3.05) is 0 Å². The van der Waals surface area contributed by atoms with Gasteiger partial charge in [0.25, 0.3) is 0 Å². The number of nitrogens with zero attached hydrogens (tertiary/aromatic N) is 1. The molecule has 0 heterocycles. The number of nitrogens with one attached hydrogen (secondary N) is 1. The molecule has 0 atom stereocenters. The Kier molecular flexibility index (Phi) is 6.82. The third-order valence-corrected chi connectivity index (χ3v) is 4.32. The van der Waals surface area contributed by atoms with Crippen LogP contribution < -0.4 is 10.2 Å². The van der Waals surface area contributed by atoms with Crippen molar-refractivity contribution in [2.24, 2.45) is 5.10 Å². The fourth-order valence-corrected chi connectivity index (χ4v) is 2.67. The van der Waals surface area contributed by atoms with Crippen LogP contribution in [0.15, 0.2) is 77.9 Å². The first-order valence-electron chi connectivity index (χ1n) is 8.93. The molecule has 0 unspecified atom stereocenters. The highest BCUT2D eigenvalue weighted by atomic mass is 35.5. The summed E-state index contributed by atoms with van der Waals surface area (Å²) in [5.74, 6) is 0.558. The second-order valence-corrected chi connectivity index (χ2v) is 6.88. The number of hydrogen-bond acceptors (Lipinski definition) is 3. The molecule has 0 aromatic heterocycles. The Bertz CT molecular complexity index is 951. The molecule has 0 saturated carbocycles. The predicted octanol–water partition coefficient (Wildman–Crippen LogP) is 4.92. The summed E-state index contributed by atoms with van der Waals surface area (Å²) in [6.45, 7) is 2.56. The molecule has 0 aliphatic heterocycles. The Morgan fingerprint density at radius 3 is 2.50 bits per heavy atom. The zero-order valence-corrected chi connectivity index (χ0v) is 16.3. The molecular formula is C23H21ClN2O2. The van der Waals surface area contributed by atoms with Crippen LogP contribution in [0.1, 0.15) is 22.3 Å². The van der Waals surface area contributed by atoms with Gasteiger partial charge in [-0.3, -0.25) is 4.79 Å². The standard InChI is InChI=1S/C23H21ClN2O2/c1-17-5-7-19(8-6-17)16-28-22-4-2-3-20(13-22)15-25-26-23(27)14-18-9-11-21(24)12-10-18/h2-13,15H,14,16H2,1H3,(H,26,27)/b25-15-. The summed E-state index contributed by atoms with van der Waals surface area (Å²) in [5.41, 5.74) is 6.59. The summed E-state index contributed by atoms with van der Waals surface area (Å²) >= 11 is 5.84. The third kappa shape index (κ3) is 6.25. The maximum absolute atomic E-state index is 12.0. The summed E-state index contributed by atoms with van der Waals surface area (Å²) in [7, 11) is 0. The Morgan fingerprint density at radius 1 is 1.04 bits per heavy atom. The van der Waals surface area contributed by atoms with E-state index in [9.17, 15) is 4.79 Å². The van der Waals surface area contributed by atoms with Crippen LogP contribution in [0, 0.1) is 6.92 Å². The van der Waals surface area contributed by atoms with Crippen LogP contribution in [-0.4, -0.2) is 12.1 Å². The van der Waals surface area contributed by atoms with Crippen molar-refractivity contribution in [1.29, 1.82) is 0 Å². The smallest absolute Gasteiger partial charge is 0.244 e. The normalized spacial score (nSPS) is 10.8. The lowest BCUT2D eigenvalue weighted by Crippen LogP contribution is -2.19. The van der Waals surface area contributed by atoms with Crippen molar-refractivity contribution >= 4 is 23.7 Å². The number of aryl methyl sites for hydroxylation is 1. The first kappa shape index (κ1) is 19.6. The summed E-state index contributed by atoms with van der Waals surface area (Å²) in [6, 6.07) is 22.9. The minimum Gasteiger partial charge on any atom is -0.489 e. The SMILES string of the molecule is Cc1ccc(COc2cccc(/C=N\NC(=O)Cc3ccc(Cl)cc3)c2)cc1. The lowest BCUT2D eigenvalue weighted by molar-refractivity contribution is -0.120. The van der Waals surface area contributed by atoms with Gasteiger partial charge in [-0.15, -0.1) is 0 Å². The molecule has 0 bridgehead atoms. The van der Waals surface area contributed by atoms with Crippen molar-refractivity contribution in [3.8, 4) is 5.75 Å². The lowest BCUT2D eigenvalue weighted by atomic mass is 10.1. The number of rotatable bonds is 7. The minimum atomic E-state index is -0.189. The Labute approximate surface area is 169 Å². The van der Waals surface area contributed by atoms with E-state index in [1.165, 1.54) is 5.56 Å². The Balaban J connectivity index is 1.51. The van der Waals surface area contributed by atoms with Crippen LogP contribution in [0.25, 0.3) is 0 Å². The second-order valence-electron chi connectivity index (χ2n) is 6.44. The van der Waals surface area contributed by atoms with Gasteiger partial charge in [0, 0.05) is 5.02 Å². The van der Waals surface area contributed by atoms with Gasteiger partial charge in [0.05, 0.1) is 12.6 Å². The maximum Gasteiger partial charge on any atom is 0.244 e. The number of hydrazone groups is 1. The molecule has 28 heavy (non-hydrogen) atoms. The number of carbonyl (C=O) groups excluding carboxylic acids is 1. The van der Waals surface area contributed by atoms with E-state index in [-0.39, 0.29) is 12.3 Å². The van der Waals surface area contributed by atoms with Gasteiger partial charge in [-0.05, 0) is 47.9 Å². The van der Waals surface area contributed by atoms with Gasteiger partial charge in [-0.25, -0.2) is 5.43 Å². The van der Waals surface area contributed by atoms with Crippen molar-refractivity contribution in [3.05, 3.63) is 100 Å². The number of carbonyl (C=O) groups is 1. The van der Waals surface area contributed by atoms with Crippen LogP contribution >= 0.6 is 11.6 Å². The number of benzene rings is 3. The van der Waals surface area contributed by atoms with E-state index in [2.05, 4.69) is 41.7 Å². The van der Waals surface area contributed by atoms with Crippen LogP contribution in [0.2, 0.25) is 5.02 Å². The average molecular weight is 393 g/mol. The molecule has 1 N–H and O–H groups in total. The molecule has 3 aromatic carbocycles.